The minimum atomic E-state index is -0.575. The number of hydrogen-bond acceptors (Lipinski definition) is 5. The topological polar surface area (TPSA) is 105 Å². The van der Waals surface area contributed by atoms with Crippen molar-refractivity contribution >= 4 is 23.4 Å². The van der Waals surface area contributed by atoms with Crippen LogP contribution < -0.4 is 16.4 Å². The predicted octanol–water partition coefficient (Wildman–Crippen LogP) is 2.16. The highest BCUT2D eigenvalue weighted by Crippen LogP contribution is 2.43. The van der Waals surface area contributed by atoms with E-state index in [9.17, 15) is 14.4 Å². The average Bonchev–Trinajstić information content (AvgIpc) is 3.51. The van der Waals surface area contributed by atoms with Crippen molar-refractivity contribution in [1.82, 2.24) is 10.2 Å². The highest BCUT2D eigenvalue weighted by Gasteiger charge is 2.42. The van der Waals surface area contributed by atoms with Crippen LogP contribution in [0.5, 0.6) is 0 Å². The molecule has 2 aliphatic heterocycles. The van der Waals surface area contributed by atoms with Gasteiger partial charge in [-0.25, -0.2) is 0 Å². The molecule has 30 heavy (non-hydrogen) atoms. The van der Waals surface area contributed by atoms with Crippen LogP contribution in [0.25, 0.3) is 0 Å². The lowest BCUT2D eigenvalue weighted by Crippen LogP contribution is -2.52. The Balaban J connectivity index is 1.36. The summed E-state index contributed by atoms with van der Waals surface area (Å²) in [5, 5.41) is 6.19. The van der Waals surface area contributed by atoms with Gasteiger partial charge in [-0.15, -0.1) is 0 Å². The molecule has 0 bridgehead atoms. The summed E-state index contributed by atoms with van der Waals surface area (Å²) in [6.07, 6.45) is 7.67. The van der Waals surface area contributed by atoms with E-state index in [4.69, 9.17) is 5.73 Å². The minimum absolute atomic E-state index is 0.116. The van der Waals surface area contributed by atoms with Crippen molar-refractivity contribution in [3.8, 4) is 0 Å². The van der Waals surface area contributed by atoms with E-state index in [1.54, 1.807) is 4.90 Å². The monoisotopic (exact) mass is 410 g/mol. The fourth-order valence-electron chi connectivity index (χ4n) is 5.48. The second-order valence-corrected chi connectivity index (χ2v) is 9.41. The molecule has 0 radical (unpaired) electrons. The highest BCUT2D eigenvalue weighted by molar-refractivity contribution is 6.06. The van der Waals surface area contributed by atoms with E-state index in [1.807, 2.05) is 12.1 Å². The van der Waals surface area contributed by atoms with Gasteiger partial charge in [0, 0.05) is 41.9 Å². The number of imide groups is 1. The molecular weight excluding hydrogens is 380 g/mol. The molecule has 1 saturated heterocycles. The van der Waals surface area contributed by atoms with E-state index in [-0.39, 0.29) is 24.1 Å². The molecule has 5 rings (SSSR count). The first-order valence-corrected chi connectivity index (χ1v) is 11.3. The number of nitrogens with two attached hydrogens (primary N) is 1. The quantitative estimate of drug-likeness (QED) is 0.645. The number of carbonyl (C=O) groups excluding carboxylic acids is 3. The first-order valence-electron chi connectivity index (χ1n) is 11.3. The summed E-state index contributed by atoms with van der Waals surface area (Å²) in [6.45, 7) is 0.413. The van der Waals surface area contributed by atoms with E-state index in [1.165, 1.54) is 12.8 Å². The van der Waals surface area contributed by atoms with Crippen LogP contribution >= 0.6 is 0 Å². The summed E-state index contributed by atoms with van der Waals surface area (Å²) in [4.78, 5) is 38.5. The summed E-state index contributed by atoms with van der Waals surface area (Å²) >= 11 is 0. The van der Waals surface area contributed by atoms with Crippen molar-refractivity contribution in [2.45, 2.75) is 76.0 Å². The van der Waals surface area contributed by atoms with Crippen LogP contribution in [0.1, 0.15) is 67.3 Å². The summed E-state index contributed by atoms with van der Waals surface area (Å²) in [5.41, 5.74) is 8.78. The van der Waals surface area contributed by atoms with Crippen molar-refractivity contribution in [3.05, 3.63) is 29.3 Å². The van der Waals surface area contributed by atoms with Gasteiger partial charge in [0.05, 0.1) is 0 Å². The molecule has 2 saturated carbocycles. The van der Waals surface area contributed by atoms with Crippen LogP contribution in [0.2, 0.25) is 0 Å². The number of fused-ring (bicyclic) bond motifs is 1. The van der Waals surface area contributed by atoms with Gasteiger partial charge in [0.2, 0.25) is 11.8 Å². The van der Waals surface area contributed by atoms with Crippen LogP contribution in [0.15, 0.2) is 18.2 Å². The van der Waals surface area contributed by atoms with E-state index in [0.29, 0.717) is 42.4 Å². The zero-order chi connectivity index (χ0) is 20.8. The molecule has 0 spiro atoms. The van der Waals surface area contributed by atoms with Gasteiger partial charge in [-0.2, -0.15) is 0 Å². The zero-order valence-electron chi connectivity index (χ0n) is 17.2. The molecular formula is C23H30N4O3. The molecule has 160 valence electrons. The third kappa shape index (κ3) is 3.60. The number of carbonyl (C=O) groups is 3. The number of nitrogens with one attached hydrogen (secondary N) is 2. The first kappa shape index (κ1) is 19.5. The van der Waals surface area contributed by atoms with Crippen LogP contribution in [-0.2, 0) is 16.1 Å². The molecule has 1 aromatic carbocycles. The number of rotatable bonds is 5. The second-order valence-electron chi connectivity index (χ2n) is 9.41. The molecule has 7 nitrogen and oxygen atoms in total. The maximum absolute atomic E-state index is 13.1. The molecule has 2 atom stereocenters. The van der Waals surface area contributed by atoms with Gasteiger partial charge in [-0.1, -0.05) is 6.07 Å². The Morgan fingerprint density at radius 3 is 2.37 bits per heavy atom. The number of piperidine rings is 1. The van der Waals surface area contributed by atoms with E-state index < -0.39 is 6.04 Å². The second kappa shape index (κ2) is 7.69. The summed E-state index contributed by atoms with van der Waals surface area (Å²) in [7, 11) is 0. The Morgan fingerprint density at radius 1 is 1.00 bits per heavy atom. The number of benzene rings is 1. The Bertz CT molecular complexity index is 873. The third-order valence-corrected chi connectivity index (χ3v) is 7.36. The van der Waals surface area contributed by atoms with Crippen molar-refractivity contribution in [3.63, 3.8) is 0 Å². The van der Waals surface area contributed by atoms with Crippen LogP contribution in [0, 0.1) is 11.8 Å². The van der Waals surface area contributed by atoms with Crippen LogP contribution in [0.4, 0.5) is 5.69 Å². The summed E-state index contributed by atoms with van der Waals surface area (Å²) in [5.74, 6) is 0.577. The number of anilines is 1. The van der Waals surface area contributed by atoms with Gasteiger partial charge in [0.25, 0.3) is 5.91 Å². The molecule has 1 aromatic rings. The van der Waals surface area contributed by atoms with E-state index >= 15 is 0 Å². The smallest absolute Gasteiger partial charge is 0.255 e. The van der Waals surface area contributed by atoms with E-state index in [2.05, 4.69) is 16.7 Å². The van der Waals surface area contributed by atoms with Gasteiger partial charge in [0.1, 0.15) is 6.04 Å². The lowest BCUT2D eigenvalue weighted by Gasteiger charge is -2.34. The van der Waals surface area contributed by atoms with Crippen molar-refractivity contribution in [2.24, 2.45) is 17.6 Å². The van der Waals surface area contributed by atoms with E-state index in [0.717, 1.165) is 36.9 Å². The molecule has 3 amide bonds. The van der Waals surface area contributed by atoms with Gasteiger partial charge in [-0.05, 0) is 68.9 Å². The van der Waals surface area contributed by atoms with Gasteiger partial charge < -0.3 is 16.0 Å². The Kier molecular flexibility index (Phi) is 5.01. The Morgan fingerprint density at radius 2 is 1.70 bits per heavy atom. The SMILES string of the molecule is NC1CCC([C@H](Nc2cccc3c2CN([C@@H]2CCC(=O)NC2=O)C3=O)C2CC2)CC1. The van der Waals surface area contributed by atoms with Gasteiger partial charge in [-0.3, -0.25) is 19.7 Å². The largest absolute Gasteiger partial charge is 0.381 e. The lowest BCUT2D eigenvalue weighted by atomic mass is 9.80. The molecule has 0 unspecified atom stereocenters. The fraction of sp³-hybridized carbons (Fsp3) is 0.609. The van der Waals surface area contributed by atoms with Crippen molar-refractivity contribution in [1.29, 1.82) is 0 Å². The van der Waals surface area contributed by atoms with Crippen molar-refractivity contribution in [2.75, 3.05) is 5.32 Å². The zero-order valence-corrected chi connectivity index (χ0v) is 17.2. The Labute approximate surface area is 176 Å². The summed E-state index contributed by atoms with van der Waals surface area (Å²) < 4.78 is 0. The molecule has 0 aromatic heterocycles. The Hall–Kier alpha value is -2.41. The normalized spacial score (nSPS) is 30.1. The van der Waals surface area contributed by atoms with Gasteiger partial charge in [0.15, 0.2) is 0 Å². The molecule has 4 N–H and O–H groups in total. The summed E-state index contributed by atoms with van der Waals surface area (Å²) in [6, 6.07) is 6.01. The third-order valence-electron chi connectivity index (χ3n) is 7.36. The molecule has 4 aliphatic rings. The number of nitrogens with zero attached hydrogens (tertiary/aromatic N) is 1. The molecule has 2 aliphatic carbocycles. The predicted molar refractivity (Wildman–Crippen MR) is 113 cm³/mol. The maximum Gasteiger partial charge on any atom is 0.255 e. The minimum Gasteiger partial charge on any atom is -0.381 e. The van der Waals surface area contributed by atoms with Crippen LogP contribution in [-0.4, -0.2) is 40.7 Å². The number of amides is 3. The fourth-order valence-corrected chi connectivity index (χ4v) is 5.48. The highest BCUT2D eigenvalue weighted by atomic mass is 16.2. The van der Waals surface area contributed by atoms with Crippen LogP contribution in [0.3, 0.4) is 0 Å². The number of hydrogen-bond donors (Lipinski definition) is 3. The average molecular weight is 411 g/mol. The standard InChI is InChI=1S/C23H30N4O3/c24-15-8-6-14(7-9-15)21(13-4-5-13)25-18-3-1-2-16-17(18)12-27(23(16)30)19-10-11-20(28)26-22(19)29/h1-3,13-15,19,21,25H,4-12,24H2,(H,26,28,29)/t14?,15?,19-,21-/m1/s1. The van der Waals surface area contributed by atoms with Gasteiger partial charge >= 0.3 is 0 Å². The van der Waals surface area contributed by atoms with Crippen molar-refractivity contribution < 1.29 is 14.4 Å². The maximum atomic E-state index is 13.1. The molecule has 3 fully saturated rings. The molecule has 7 heteroatoms. The first-order chi connectivity index (χ1) is 14.5. The lowest BCUT2D eigenvalue weighted by molar-refractivity contribution is -0.136. The molecule has 2 heterocycles.